The number of unbranched alkanes of at least 4 members (excludes halogenated alkanes) is 1. The van der Waals surface area contributed by atoms with E-state index >= 15 is 0 Å². The van der Waals surface area contributed by atoms with E-state index in [-0.39, 0.29) is 0 Å². The lowest BCUT2D eigenvalue weighted by molar-refractivity contribution is 0.414. The lowest BCUT2D eigenvalue weighted by Crippen LogP contribution is -2.04. The molecule has 236 valence electrons. The van der Waals surface area contributed by atoms with Crippen molar-refractivity contribution in [1.82, 2.24) is 19.3 Å². The fourth-order valence-corrected chi connectivity index (χ4v) is 6.85. The molecule has 0 amide bonds. The molecule has 0 fully saturated rings. The summed E-state index contributed by atoms with van der Waals surface area (Å²) in [5.74, 6) is 3.07. The number of methoxy groups -OCH3 is 1. The molecule has 3 aromatic heterocycles. The van der Waals surface area contributed by atoms with E-state index in [1.54, 1.807) is 13.3 Å². The van der Waals surface area contributed by atoms with E-state index in [1.807, 2.05) is 18.2 Å². The zero-order valence-corrected chi connectivity index (χ0v) is 28.0. The minimum atomic E-state index is 0.750. The summed E-state index contributed by atoms with van der Waals surface area (Å²) in [6, 6.07) is 31.4. The summed E-state index contributed by atoms with van der Waals surface area (Å²) < 4.78 is 16.5. The molecule has 6 nitrogen and oxygen atoms in total. The Morgan fingerprint density at radius 1 is 0.702 bits per heavy atom. The number of para-hydroxylation sites is 1. The molecule has 3 heterocycles. The Labute approximate surface area is 276 Å². The van der Waals surface area contributed by atoms with E-state index in [4.69, 9.17) is 19.6 Å². The van der Waals surface area contributed by atoms with E-state index in [9.17, 15) is 0 Å². The van der Waals surface area contributed by atoms with Crippen molar-refractivity contribution in [3.63, 3.8) is 0 Å². The summed E-state index contributed by atoms with van der Waals surface area (Å²) in [5, 5.41) is 7.44. The normalized spacial score (nSPS) is 11.4. The molecular formula is C41H40N4O2. The van der Waals surface area contributed by atoms with Gasteiger partial charge < -0.3 is 9.47 Å². The van der Waals surface area contributed by atoms with Gasteiger partial charge in [-0.05, 0) is 99.2 Å². The molecule has 0 atom stereocenters. The van der Waals surface area contributed by atoms with Crippen LogP contribution in [0.25, 0.3) is 44.4 Å². The first-order chi connectivity index (χ1) is 22.9. The maximum Gasteiger partial charge on any atom is 0.141 e. The van der Waals surface area contributed by atoms with Gasteiger partial charge in [-0.1, -0.05) is 49.7 Å². The standard InChI is InChI=1S/C41H40N4O2/c1-7-8-15-37-41(40-27(3)12-11-13-28(40)4)29(5)43-45(37)30-21-26(2)22-33(23-30)47-32-17-18-35-34-14-9-10-16-36(34)44(38(35)24-32)39-25-31(46-6)19-20-42-39/h9-14,16-25H,7-8,15H2,1-6H3. The van der Waals surface area contributed by atoms with Gasteiger partial charge in [-0.2, -0.15) is 5.10 Å². The van der Waals surface area contributed by atoms with E-state index in [0.29, 0.717) is 0 Å². The number of fused-ring (bicyclic) bond motifs is 3. The van der Waals surface area contributed by atoms with Crippen LogP contribution in [0.2, 0.25) is 0 Å². The van der Waals surface area contributed by atoms with E-state index < -0.39 is 0 Å². The monoisotopic (exact) mass is 620 g/mol. The predicted octanol–water partition coefficient (Wildman–Crippen LogP) is 10.4. The average molecular weight is 621 g/mol. The number of aromatic nitrogens is 4. The maximum absolute atomic E-state index is 6.64. The number of pyridine rings is 1. The van der Waals surface area contributed by atoms with Crippen LogP contribution in [0.4, 0.5) is 0 Å². The highest BCUT2D eigenvalue weighted by Gasteiger charge is 2.21. The Kier molecular flexibility index (Phi) is 8.02. The van der Waals surface area contributed by atoms with E-state index in [2.05, 4.69) is 117 Å². The van der Waals surface area contributed by atoms with Gasteiger partial charge in [0, 0.05) is 40.7 Å². The topological polar surface area (TPSA) is 54.1 Å². The van der Waals surface area contributed by atoms with Crippen molar-refractivity contribution in [2.24, 2.45) is 0 Å². The second-order valence-corrected chi connectivity index (χ2v) is 12.4. The largest absolute Gasteiger partial charge is 0.497 e. The van der Waals surface area contributed by atoms with Gasteiger partial charge in [0.15, 0.2) is 0 Å². The van der Waals surface area contributed by atoms with Gasteiger partial charge in [0.05, 0.1) is 35.2 Å². The Morgan fingerprint density at radius 2 is 1.49 bits per heavy atom. The predicted molar refractivity (Wildman–Crippen MR) is 192 cm³/mol. The molecule has 7 aromatic rings. The third kappa shape index (κ3) is 5.54. The molecule has 0 bridgehead atoms. The zero-order valence-electron chi connectivity index (χ0n) is 28.0. The van der Waals surface area contributed by atoms with E-state index in [1.165, 1.54) is 27.9 Å². The van der Waals surface area contributed by atoms with Crippen molar-refractivity contribution in [1.29, 1.82) is 0 Å². The zero-order chi connectivity index (χ0) is 32.7. The molecule has 0 saturated heterocycles. The first-order valence-corrected chi connectivity index (χ1v) is 16.3. The molecule has 6 heteroatoms. The number of hydrogen-bond acceptors (Lipinski definition) is 4. The second-order valence-electron chi connectivity index (χ2n) is 12.4. The molecule has 0 aliphatic heterocycles. The average Bonchev–Trinajstić information content (AvgIpc) is 3.57. The molecule has 0 spiro atoms. The third-order valence-corrected chi connectivity index (χ3v) is 9.00. The van der Waals surface area contributed by atoms with Crippen molar-refractivity contribution in [3.8, 4) is 39.9 Å². The van der Waals surface area contributed by atoms with Crippen molar-refractivity contribution in [2.75, 3.05) is 7.11 Å². The summed E-state index contributed by atoms with van der Waals surface area (Å²) in [5.41, 5.74) is 11.6. The lowest BCUT2D eigenvalue weighted by Gasteiger charge is -2.15. The van der Waals surface area contributed by atoms with Crippen LogP contribution < -0.4 is 9.47 Å². The number of nitrogens with zero attached hydrogens (tertiary/aromatic N) is 4. The maximum atomic E-state index is 6.64. The number of ether oxygens (including phenoxy) is 2. The van der Waals surface area contributed by atoms with Crippen LogP contribution in [0.15, 0.2) is 97.2 Å². The van der Waals surface area contributed by atoms with Crippen LogP contribution in [-0.4, -0.2) is 26.4 Å². The van der Waals surface area contributed by atoms with Crippen molar-refractivity contribution in [2.45, 2.75) is 53.9 Å². The van der Waals surface area contributed by atoms with Crippen LogP contribution >= 0.6 is 0 Å². The van der Waals surface area contributed by atoms with Crippen LogP contribution in [0.5, 0.6) is 17.2 Å². The third-order valence-electron chi connectivity index (χ3n) is 9.00. The number of benzene rings is 4. The molecule has 4 aromatic carbocycles. The van der Waals surface area contributed by atoms with Gasteiger partial charge >= 0.3 is 0 Å². The number of hydrogen-bond donors (Lipinski definition) is 0. The summed E-state index contributed by atoms with van der Waals surface area (Å²) in [6.45, 7) is 10.9. The number of rotatable bonds is 9. The summed E-state index contributed by atoms with van der Waals surface area (Å²) in [7, 11) is 1.68. The molecule has 0 aliphatic rings. The summed E-state index contributed by atoms with van der Waals surface area (Å²) >= 11 is 0. The number of aryl methyl sites for hydroxylation is 4. The van der Waals surface area contributed by atoms with Crippen LogP contribution in [0.3, 0.4) is 0 Å². The minimum absolute atomic E-state index is 0.750. The van der Waals surface area contributed by atoms with Gasteiger partial charge in [0.2, 0.25) is 0 Å². The Hall–Kier alpha value is -5.36. The summed E-state index contributed by atoms with van der Waals surface area (Å²) in [6.07, 6.45) is 4.93. The smallest absolute Gasteiger partial charge is 0.141 e. The van der Waals surface area contributed by atoms with Gasteiger partial charge in [-0.15, -0.1) is 0 Å². The van der Waals surface area contributed by atoms with Crippen LogP contribution in [0, 0.1) is 27.7 Å². The molecule has 47 heavy (non-hydrogen) atoms. The van der Waals surface area contributed by atoms with Crippen LogP contribution in [0.1, 0.15) is 47.8 Å². The SMILES string of the molecule is CCCCc1c(-c2c(C)cccc2C)c(C)nn1-c1cc(C)cc(Oc2ccc3c4ccccc4n(-c4cc(OC)ccn4)c3c2)c1. The summed E-state index contributed by atoms with van der Waals surface area (Å²) in [4.78, 5) is 4.70. The Bertz CT molecular complexity index is 2240. The fraction of sp³-hybridized carbons (Fsp3) is 0.220. The lowest BCUT2D eigenvalue weighted by atomic mass is 9.93. The molecular weight excluding hydrogens is 580 g/mol. The molecule has 0 radical (unpaired) electrons. The van der Waals surface area contributed by atoms with Crippen molar-refractivity contribution >= 4 is 21.8 Å². The molecule has 0 saturated carbocycles. The quantitative estimate of drug-likeness (QED) is 0.161. The van der Waals surface area contributed by atoms with Gasteiger partial charge in [0.25, 0.3) is 0 Å². The highest BCUT2D eigenvalue weighted by Crippen LogP contribution is 2.38. The highest BCUT2D eigenvalue weighted by molar-refractivity contribution is 6.09. The first kappa shape index (κ1) is 30.3. The first-order valence-electron chi connectivity index (χ1n) is 16.3. The Morgan fingerprint density at radius 3 is 2.28 bits per heavy atom. The van der Waals surface area contributed by atoms with Gasteiger partial charge in [-0.3, -0.25) is 4.57 Å². The molecule has 7 rings (SSSR count). The molecule has 0 unspecified atom stereocenters. The van der Waals surface area contributed by atoms with Gasteiger partial charge in [0.1, 0.15) is 23.1 Å². The molecule has 0 N–H and O–H groups in total. The molecule has 0 aliphatic carbocycles. The van der Waals surface area contributed by atoms with Crippen molar-refractivity contribution in [3.05, 3.63) is 125 Å². The van der Waals surface area contributed by atoms with Gasteiger partial charge in [-0.25, -0.2) is 9.67 Å². The van der Waals surface area contributed by atoms with Crippen molar-refractivity contribution < 1.29 is 9.47 Å². The second kappa shape index (κ2) is 12.4. The highest BCUT2D eigenvalue weighted by atomic mass is 16.5. The minimum Gasteiger partial charge on any atom is -0.497 e. The van der Waals surface area contributed by atoms with Crippen LogP contribution in [-0.2, 0) is 6.42 Å². The van der Waals surface area contributed by atoms with E-state index in [0.717, 1.165) is 81.1 Å². The fourth-order valence-electron chi connectivity index (χ4n) is 6.85. The Balaban J connectivity index is 1.33.